The Bertz CT molecular complexity index is 282. The number of hydrogen-bond acceptors (Lipinski definition) is 2. The summed E-state index contributed by atoms with van der Waals surface area (Å²) in [4.78, 5) is 0. The second-order valence-corrected chi connectivity index (χ2v) is 2.45. The van der Waals surface area contributed by atoms with Crippen LogP contribution >= 0.6 is 15.9 Å². The van der Waals surface area contributed by atoms with Crippen LogP contribution < -0.4 is 0 Å². The molecule has 0 aromatic carbocycles. The highest BCUT2D eigenvalue weighted by Crippen LogP contribution is 2.18. The fraction of sp³-hybridized carbons (Fsp3) is 0. The van der Waals surface area contributed by atoms with Gasteiger partial charge in [0.05, 0.1) is 16.8 Å². The van der Waals surface area contributed by atoms with Crippen LogP contribution in [-0.2, 0) is 0 Å². The maximum Gasteiger partial charge on any atom is 0.141 e. The summed E-state index contributed by atoms with van der Waals surface area (Å²) in [7, 11) is 0. The number of furan rings is 1. The van der Waals surface area contributed by atoms with Crippen LogP contribution in [0.25, 0.3) is 6.08 Å². The number of halogens is 1. The van der Waals surface area contributed by atoms with Crippen molar-refractivity contribution >= 4 is 22.0 Å². The fourth-order valence-corrected chi connectivity index (χ4v) is 0.871. The number of rotatable bonds is 1. The Labute approximate surface area is 66.9 Å². The van der Waals surface area contributed by atoms with E-state index in [1.807, 2.05) is 6.07 Å². The summed E-state index contributed by atoms with van der Waals surface area (Å²) in [5.74, 6) is 0.668. The van der Waals surface area contributed by atoms with Gasteiger partial charge in [0.2, 0.25) is 0 Å². The zero-order valence-electron chi connectivity index (χ0n) is 5.04. The Balaban J connectivity index is 2.87. The Kier molecular flexibility index (Phi) is 2.30. The minimum absolute atomic E-state index is 0.668. The lowest BCUT2D eigenvalue weighted by atomic mass is 10.4. The molecule has 1 aromatic rings. The predicted octanol–water partition coefficient (Wildman–Crippen LogP) is 2.58. The largest absolute Gasteiger partial charge is 0.464 e. The van der Waals surface area contributed by atoms with Crippen molar-refractivity contribution in [3.8, 4) is 6.07 Å². The van der Waals surface area contributed by atoms with Gasteiger partial charge in [-0.3, -0.25) is 0 Å². The van der Waals surface area contributed by atoms with E-state index in [-0.39, 0.29) is 0 Å². The molecule has 10 heavy (non-hydrogen) atoms. The molecule has 1 rings (SSSR count). The van der Waals surface area contributed by atoms with Gasteiger partial charge in [-0.15, -0.1) is 0 Å². The Morgan fingerprint density at radius 2 is 2.50 bits per heavy atom. The van der Waals surface area contributed by atoms with Crippen LogP contribution in [0.5, 0.6) is 0 Å². The molecule has 2 nitrogen and oxygen atoms in total. The molecule has 0 radical (unpaired) electrons. The van der Waals surface area contributed by atoms with E-state index in [0.717, 1.165) is 4.47 Å². The maximum absolute atomic E-state index is 8.16. The monoisotopic (exact) mass is 197 g/mol. The van der Waals surface area contributed by atoms with Crippen LogP contribution in [0.15, 0.2) is 27.3 Å². The number of nitriles is 1. The number of nitrogens with zero attached hydrogens (tertiary/aromatic N) is 1. The van der Waals surface area contributed by atoms with Crippen molar-refractivity contribution in [1.82, 2.24) is 0 Å². The molecule has 0 saturated heterocycles. The van der Waals surface area contributed by atoms with Crippen molar-refractivity contribution in [1.29, 1.82) is 5.26 Å². The molecular weight excluding hydrogens is 194 g/mol. The van der Waals surface area contributed by atoms with E-state index in [9.17, 15) is 0 Å². The van der Waals surface area contributed by atoms with Crippen LogP contribution in [-0.4, -0.2) is 0 Å². The SMILES string of the molecule is N#C/C=C/c1occc1Br. The first-order chi connectivity index (χ1) is 4.84. The van der Waals surface area contributed by atoms with Crippen molar-refractivity contribution in [2.75, 3.05) is 0 Å². The van der Waals surface area contributed by atoms with E-state index in [1.54, 1.807) is 18.4 Å². The lowest BCUT2D eigenvalue weighted by Crippen LogP contribution is -1.61. The molecule has 1 aromatic heterocycles. The van der Waals surface area contributed by atoms with Gasteiger partial charge in [-0.25, -0.2) is 0 Å². The first kappa shape index (κ1) is 7.10. The zero-order valence-corrected chi connectivity index (χ0v) is 6.63. The third kappa shape index (κ3) is 1.49. The quantitative estimate of drug-likeness (QED) is 0.650. The fourth-order valence-electron chi connectivity index (χ4n) is 0.537. The summed E-state index contributed by atoms with van der Waals surface area (Å²) in [5, 5.41) is 8.16. The summed E-state index contributed by atoms with van der Waals surface area (Å²) >= 11 is 3.24. The van der Waals surface area contributed by atoms with Crippen molar-refractivity contribution in [3.63, 3.8) is 0 Å². The summed E-state index contributed by atoms with van der Waals surface area (Å²) in [6.45, 7) is 0. The van der Waals surface area contributed by atoms with Gasteiger partial charge in [0.1, 0.15) is 5.76 Å². The Morgan fingerprint density at radius 3 is 3.00 bits per heavy atom. The van der Waals surface area contributed by atoms with Crippen LogP contribution in [0.1, 0.15) is 5.76 Å². The molecule has 0 atom stereocenters. The predicted molar refractivity (Wildman–Crippen MR) is 41.1 cm³/mol. The summed E-state index contributed by atoms with van der Waals surface area (Å²) in [5.41, 5.74) is 0. The third-order valence-corrected chi connectivity index (χ3v) is 1.61. The normalized spacial score (nSPS) is 10.0. The highest BCUT2D eigenvalue weighted by atomic mass is 79.9. The molecule has 0 unspecified atom stereocenters. The van der Waals surface area contributed by atoms with Crippen molar-refractivity contribution < 1.29 is 4.42 Å². The number of hydrogen-bond donors (Lipinski definition) is 0. The summed E-state index contributed by atoms with van der Waals surface area (Å²) in [6, 6.07) is 3.65. The molecule has 0 fully saturated rings. The topological polar surface area (TPSA) is 36.9 Å². The molecule has 0 N–H and O–H groups in total. The van der Waals surface area contributed by atoms with Crippen molar-refractivity contribution in [3.05, 3.63) is 28.6 Å². The molecule has 0 amide bonds. The third-order valence-electron chi connectivity index (χ3n) is 0.954. The number of allylic oxidation sites excluding steroid dienone is 1. The van der Waals surface area contributed by atoms with Gasteiger partial charge in [0.15, 0.2) is 0 Å². The summed E-state index contributed by atoms with van der Waals surface area (Å²) < 4.78 is 5.84. The average molecular weight is 198 g/mol. The van der Waals surface area contributed by atoms with Gasteiger partial charge in [-0.1, -0.05) is 0 Å². The first-order valence-electron chi connectivity index (χ1n) is 2.64. The molecular formula is C7H4BrNO. The van der Waals surface area contributed by atoms with Crippen LogP contribution in [0.3, 0.4) is 0 Å². The van der Waals surface area contributed by atoms with Crippen molar-refractivity contribution in [2.45, 2.75) is 0 Å². The second kappa shape index (κ2) is 3.23. The van der Waals surface area contributed by atoms with E-state index in [0.29, 0.717) is 5.76 Å². The summed E-state index contributed by atoms with van der Waals surface area (Å²) in [6.07, 6.45) is 4.52. The highest BCUT2D eigenvalue weighted by Gasteiger charge is 1.95. The van der Waals surface area contributed by atoms with Gasteiger partial charge in [-0.05, 0) is 28.1 Å². The minimum Gasteiger partial charge on any atom is -0.464 e. The molecule has 0 bridgehead atoms. The second-order valence-electron chi connectivity index (χ2n) is 1.60. The highest BCUT2D eigenvalue weighted by molar-refractivity contribution is 9.10. The smallest absolute Gasteiger partial charge is 0.141 e. The molecule has 50 valence electrons. The Morgan fingerprint density at radius 1 is 1.70 bits per heavy atom. The lowest BCUT2D eigenvalue weighted by Gasteiger charge is -1.81. The van der Waals surface area contributed by atoms with Gasteiger partial charge >= 0.3 is 0 Å². The van der Waals surface area contributed by atoms with E-state index >= 15 is 0 Å². The zero-order chi connectivity index (χ0) is 7.40. The molecule has 0 spiro atoms. The standard InChI is InChI=1S/C7H4BrNO/c8-6-3-5-10-7(6)2-1-4-9/h1-3,5H/b2-1+. The molecule has 1 heterocycles. The van der Waals surface area contributed by atoms with Gasteiger partial charge in [0.25, 0.3) is 0 Å². The maximum atomic E-state index is 8.16. The van der Waals surface area contributed by atoms with E-state index < -0.39 is 0 Å². The van der Waals surface area contributed by atoms with E-state index in [4.69, 9.17) is 9.68 Å². The van der Waals surface area contributed by atoms with Crippen LogP contribution in [0.2, 0.25) is 0 Å². The van der Waals surface area contributed by atoms with Gasteiger partial charge in [0, 0.05) is 6.08 Å². The molecule has 0 aliphatic rings. The minimum atomic E-state index is 0.668. The Hall–Kier alpha value is -1.01. The van der Waals surface area contributed by atoms with Gasteiger partial charge < -0.3 is 4.42 Å². The average Bonchev–Trinajstić information content (AvgIpc) is 2.31. The lowest BCUT2D eigenvalue weighted by molar-refractivity contribution is 0.555. The van der Waals surface area contributed by atoms with Crippen LogP contribution in [0, 0.1) is 11.3 Å². The van der Waals surface area contributed by atoms with Crippen LogP contribution in [0.4, 0.5) is 0 Å². The first-order valence-corrected chi connectivity index (χ1v) is 3.43. The van der Waals surface area contributed by atoms with E-state index in [1.165, 1.54) is 6.08 Å². The van der Waals surface area contributed by atoms with E-state index in [2.05, 4.69) is 15.9 Å². The van der Waals surface area contributed by atoms with Gasteiger partial charge in [-0.2, -0.15) is 5.26 Å². The van der Waals surface area contributed by atoms with Crippen molar-refractivity contribution in [2.24, 2.45) is 0 Å². The molecule has 0 saturated carbocycles. The molecule has 0 aliphatic carbocycles. The molecule has 0 aliphatic heterocycles. The molecule has 3 heteroatoms.